The molecule has 0 aliphatic carbocycles. The van der Waals surface area contributed by atoms with E-state index in [0.29, 0.717) is 13.2 Å². The third kappa shape index (κ3) is 8.32. The molecule has 1 aromatic rings. The molecule has 0 bridgehead atoms. The second kappa shape index (κ2) is 10.7. The minimum absolute atomic E-state index is 0.0918. The minimum Gasteiger partial charge on any atom is -0.481 e. The van der Waals surface area contributed by atoms with Crippen LogP contribution in [0.3, 0.4) is 0 Å². The van der Waals surface area contributed by atoms with Crippen molar-refractivity contribution in [3.05, 3.63) is 22.4 Å². The Bertz CT molecular complexity index is 504. The summed E-state index contributed by atoms with van der Waals surface area (Å²) < 4.78 is 4.81. The Morgan fingerprint density at radius 3 is 2.57 bits per heavy atom. The van der Waals surface area contributed by atoms with Gasteiger partial charge in [-0.15, -0.1) is 11.3 Å². The standard InChI is InChI=1S/C15H22N2O5S/c1-22-7-6-17-13(18)4-5-16-14(19)9-11(10-15(20)21)12-3-2-8-23-12/h2-3,8,11H,4-7,9-10H2,1H3,(H,16,19)(H,17,18)(H,20,21)/t11-/m0/s1. The Labute approximate surface area is 139 Å². The monoisotopic (exact) mass is 342 g/mol. The predicted octanol–water partition coefficient (Wildman–Crippen LogP) is 0.965. The van der Waals surface area contributed by atoms with E-state index in [0.717, 1.165) is 4.88 Å². The van der Waals surface area contributed by atoms with Gasteiger partial charge in [-0.05, 0) is 11.4 Å². The number of nitrogens with one attached hydrogen (secondary N) is 2. The number of rotatable bonds is 11. The zero-order valence-corrected chi connectivity index (χ0v) is 13.9. The van der Waals surface area contributed by atoms with Gasteiger partial charge in [-0.25, -0.2) is 0 Å². The highest BCUT2D eigenvalue weighted by Crippen LogP contribution is 2.27. The summed E-state index contributed by atoms with van der Waals surface area (Å²) in [4.78, 5) is 35.2. The van der Waals surface area contributed by atoms with Crippen LogP contribution in [0.5, 0.6) is 0 Å². The molecule has 1 aromatic heterocycles. The molecule has 1 atom stereocenters. The van der Waals surface area contributed by atoms with E-state index in [9.17, 15) is 14.4 Å². The zero-order valence-electron chi connectivity index (χ0n) is 13.0. The first-order chi connectivity index (χ1) is 11.0. The van der Waals surface area contributed by atoms with Gasteiger partial charge in [-0.3, -0.25) is 14.4 Å². The van der Waals surface area contributed by atoms with E-state index >= 15 is 0 Å². The van der Waals surface area contributed by atoms with Gasteiger partial charge in [-0.2, -0.15) is 0 Å². The lowest BCUT2D eigenvalue weighted by atomic mass is 9.99. The van der Waals surface area contributed by atoms with Gasteiger partial charge in [0.05, 0.1) is 13.0 Å². The molecule has 0 aliphatic rings. The number of carbonyl (C=O) groups excluding carboxylic acids is 2. The third-order valence-electron chi connectivity index (χ3n) is 3.10. The van der Waals surface area contributed by atoms with Gasteiger partial charge < -0.3 is 20.5 Å². The van der Waals surface area contributed by atoms with Gasteiger partial charge in [0.25, 0.3) is 0 Å². The Morgan fingerprint density at radius 1 is 1.22 bits per heavy atom. The van der Waals surface area contributed by atoms with Crippen LogP contribution in [0.15, 0.2) is 17.5 Å². The summed E-state index contributed by atoms with van der Waals surface area (Å²) >= 11 is 1.44. The minimum atomic E-state index is -0.936. The van der Waals surface area contributed by atoms with Crippen molar-refractivity contribution >= 4 is 29.1 Å². The topological polar surface area (TPSA) is 105 Å². The van der Waals surface area contributed by atoms with E-state index in [1.807, 2.05) is 17.5 Å². The largest absolute Gasteiger partial charge is 0.481 e. The molecule has 0 unspecified atom stereocenters. The molecule has 0 spiro atoms. The number of hydrogen-bond donors (Lipinski definition) is 3. The van der Waals surface area contributed by atoms with Crippen molar-refractivity contribution in [2.75, 3.05) is 26.8 Å². The fraction of sp³-hybridized carbons (Fsp3) is 0.533. The first-order valence-electron chi connectivity index (χ1n) is 7.30. The molecule has 0 aromatic carbocycles. The second-order valence-electron chi connectivity index (χ2n) is 4.96. The van der Waals surface area contributed by atoms with E-state index in [1.165, 1.54) is 11.3 Å². The molecule has 2 amide bonds. The summed E-state index contributed by atoms with van der Waals surface area (Å²) in [5, 5.41) is 16.1. The fourth-order valence-corrected chi connectivity index (χ4v) is 2.83. The van der Waals surface area contributed by atoms with Crippen LogP contribution in [0.4, 0.5) is 0 Å². The van der Waals surface area contributed by atoms with Crippen LogP contribution >= 0.6 is 11.3 Å². The Kier molecular flexibility index (Phi) is 8.93. The quantitative estimate of drug-likeness (QED) is 0.520. The number of thiophene rings is 1. The summed E-state index contributed by atoms with van der Waals surface area (Å²) in [6.45, 7) is 1.10. The third-order valence-corrected chi connectivity index (χ3v) is 4.14. The highest BCUT2D eigenvalue weighted by molar-refractivity contribution is 7.10. The van der Waals surface area contributed by atoms with Crippen molar-refractivity contribution in [3.63, 3.8) is 0 Å². The molecular weight excluding hydrogens is 320 g/mol. The SMILES string of the molecule is COCCNC(=O)CCNC(=O)C[C@@H](CC(=O)O)c1cccs1. The lowest BCUT2D eigenvalue weighted by Gasteiger charge is -2.13. The number of carbonyl (C=O) groups is 3. The molecule has 0 saturated heterocycles. The maximum absolute atomic E-state index is 11.9. The molecule has 0 saturated carbocycles. The molecule has 0 aliphatic heterocycles. The number of amides is 2. The summed E-state index contributed by atoms with van der Waals surface area (Å²) in [5.41, 5.74) is 0. The van der Waals surface area contributed by atoms with Gasteiger partial charge in [0.15, 0.2) is 0 Å². The van der Waals surface area contributed by atoms with Crippen molar-refractivity contribution < 1.29 is 24.2 Å². The normalized spacial score (nSPS) is 11.7. The molecule has 1 heterocycles. The zero-order chi connectivity index (χ0) is 17.1. The number of carboxylic acid groups (broad SMARTS) is 1. The first kappa shape index (κ1) is 19.1. The number of aliphatic carboxylic acids is 1. The van der Waals surface area contributed by atoms with Crippen molar-refractivity contribution in [1.29, 1.82) is 0 Å². The molecule has 1 rings (SSSR count). The number of methoxy groups -OCH3 is 1. The van der Waals surface area contributed by atoms with E-state index < -0.39 is 5.97 Å². The van der Waals surface area contributed by atoms with Crippen molar-refractivity contribution in [1.82, 2.24) is 10.6 Å². The smallest absolute Gasteiger partial charge is 0.304 e. The van der Waals surface area contributed by atoms with Crippen molar-refractivity contribution in [3.8, 4) is 0 Å². The summed E-state index contributed by atoms with van der Waals surface area (Å²) in [6.07, 6.45) is 0.182. The Morgan fingerprint density at radius 2 is 1.96 bits per heavy atom. The van der Waals surface area contributed by atoms with Gasteiger partial charge in [0, 0.05) is 43.8 Å². The fourth-order valence-electron chi connectivity index (χ4n) is 2.00. The maximum Gasteiger partial charge on any atom is 0.304 e. The Balaban J connectivity index is 2.33. The molecule has 0 radical (unpaired) electrons. The number of hydrogen-bond acceptors (Lipinski definition) is 5. The van der Waals surface area contributed by atoms with E-state index in [2.05, 4.69) is 10.6 Å². The lowest BCUT2D eigenvalue weighted by Crippen LogP contribution is -2.32. The van der Waals surface area contributed by atoms with Crippen LogP contribution in [0, 0.1) is 0 Å². The average molecular weight is 342 g/mol. The van der Waals surface area contributed by atoms with E-state index in [1.54, 1.807) is 7.11 Å². The molecule has 7 nitrogen and oxygen atoms in total. The van der Waals surface area contributed by atoms with Crippen LogP contribution in [-0.4, -0.2) is 49.7 Å². The van der Waals surface area contributed by atoms with Gasteiger partial charge in [0.2, 0.25) is 11.8 Å². The number of carboxylic acids is 1. The van der Waals surface area contributed by atoms with Gasteiger partial charge in [-0.1, -0.05) is 6.07 Å². The van der Waals surface area contributed by atoms with E-state index in [4.69, 9.17) is 9.84 Å². The van der Waals surface area contributed by atoms with Crippen LogP contribution in [0.25, 0.3) is 0 Å². The molecule has 3 N–H and O–H groups in total. The predicted molar refractivity (Wildman–Crippen MR) is 86.4 cm³/mol. The van der Waals surface area contributed by atoms with Crippen LogP contribution in [0.1, 0.15) is 30.1 Å². The highest BCUT2D eigenvalue weighted by atomic mass is 32.1. The van der Waals surface area contributed by atoms with Crippen LogP contribution in [0.2, 0.25) is 0 Å². The first-order valence-corrected chi connectivity index (χ1v) is 8.18. The number of ether oxygens (including phenoxy) is 1. The second-order valence-corrected chi connectivity index (χ2v) is 5.94. The molecular formula is C15H22N2O5S. The Hall–Kier alpha value is -1.93. The summed E-state index contributed by atoms with van der Waals surface area (Å²) in [5.74, 6) is -1.70. The highest BCUT2D eigenvalue weighted by Gasteiger charge is 2.20. The molecule has 8 heteroatoms. The molecule has 128 valence electrons. The van der Waals surface area contributed by atoms with Gasteiger partial charge >= 0.3 is 5.97 Å². The van der Waals surface area contributed by atoms with Crippen molar-refractivity contribution in [2.45, 2.75) is 25.2 Å². The molecule has 0 fully saturated rings. The van der Waals surface area contributed by atoms with Crippen LogP contribution < -0.4 is 10.6 Å². The lowest BCUT2D eigenvalue weighted by molar-refractivity contribution is -0.137. The molecule has 23 heavy (non-hydrogen) atoms. The summed E-state index contributed by atoms with van der Waals surface area (Å²) in [6, 6.07) is 3.66. The average Bonchev–Trinajstić information content (AvgIpc) is 3.00. The van der Waals surface area contributed by atoms with Crippen molar-refractivity contribution in [2.24, 2.45) is 0 Å². The summed E-state index contributed by atoms with van der Waals surface area (Å²) in [7, 11) is 1.55. The van der Waals surface area contributed by atoms with E-state index in [-0.39, 0.29) is 43.5 Å². The van der Waals surface area contributed by atoms with Crippen LogP contribution in [-0.2, 0) is 19.1 Å². The maximum atomic E-state index is 11.9. The van der Waals surface area contributed by atoms with Gasteiger partial charge in [0.1, 0.15) is 0 Å².